The number of rotatable bonds is 4. The predicted molar refractivity (Wildman–Crippen MR) is 92.5 cm³/mol. The average molecular weight is 301 g/mol. The van der Waals surface area contributed by atoms with Crippen molar-refractivity contribution in [3.63, 3.8) is 0 Å². The highest BCUT2D eigenvalue weighted by molar-refractivity contribution is 7.99. The molecule has 1 aliphatic carbocycles. The van der Waals surface area contributed by atoms with Gasteiger partial charge in [-0.05, 0) is 70.0 Å². The molecule has 0 aliphatic heterocycles. The first kappa shape index (κ1) is 18.4. The summed E-state index contributed by atoms with van der Waals surface area (Å²) in [5, 5.41) is 0.772. The molecular formula is C18H36OS. The highest BCUT2D eigenvalue weighted by atomic mass is 32.2. The van der Waals surface area contributed by atoms with E-state index in [1.54, 1.807) is 0 Å². The van der Waals surface area contributed by atoms with Crippen molar-refractivity contribution in [2.24, 2.45) is 17.3 Å². The van der Waals surface area contributed by atoms with Gasteiger partial charge < -0.3 is 4.74 Å². The minimum Gasteiger partial charge on any atom is -0.372 e. The lowest BCUT2D eigenvalue weighted by molar-refractivity contribution is -0.121. The van der Waals surface area contributed by atoms with Crippen molar-refractivity contribution in [2.45, 2.75) is 91.1 Å². The molecule has 0 aromatic heterocycles. The van der Waals surface area contributed by atoms with Gasteiger partial charge in [-0.3, -0.25) is 0 Å². The van der Waals surface area contributed by atoms with E-state index in [1.165, 1.54) is 25.7 Å². The fourth-order valence-electron chi connectivity index (χ4n) is 3.32. The molecule has 0 aromatic rings. The fourth-order valence-corrected chi connectivity index (χ4v) is 4.27. The summed E-state index contributed by atoms with van der Waals surface area (Å²) < 4.78 is 6.49. The van der Waals surface area contributed by atoms with Crippen molar-refractivity contribution in [1.82, 2.24) is 0 Å². The number of hydrogen-bond donors (Lipinski definition) is 0. The second kappa shape index (κ2) is 7.05. The van der Waals surface area contributed by atoms with Crippen molar-refractivity contribution in [2.75, 3.05) is 6.26 Å². The van der Waals surface area contributed by atoms with E-state index >= 15 is 0 Å². The molecule has 0 saturated heterocycles. The molecule has 0 aromatic carbocycles. The first-order valence-electron chi connectivity index (χ1n) is 8.24. The van der Waals surface area contributed by atoms with E-state index in [2.05, 4.69) is 54.7 Å². The van der Waals surface area contributed by atoms with E-state index in [9.17, 15) is 0 Å². The normalized spacial score (nSPS) is 32.4. The van der Waals surface area contributed by atoms with Gasteiger partial charge in [-0.15, -0.1) is 0 Å². The van der Waals surface area contributed by atoms with Crippen molar-refractivity contribution in [1.29, 1.82) is 0 Å². The highest BCUT2D eigenvalue weighted by Gasteiger charge is 2.39. The van der Waals surface area contributed by atoms with Crippen LogP contribution in [0.3, 0.4) is 0 Å². The molecule has 0 radical (unpaired) electrons. The molecular weight excluding hydrogens is 264 g/mol. The SMILES string of the molecule is CSC1CCC(CCC(C)(C)C)C(OC(C)(C)C)[C@H]1C. The largest absolute Gasteiger partial charge is 0.372 e. The lowest BCUT2D eigenvalue weighted by Gasteiger charge is -2.44. The zero-order valence-corrected chi connectivity index (χ0v) is 15.8. The van der Waals surface area contributed by atoms with Crippen LogP contribution in [0, 0.1) is 17.3 Å². The van der Waals surface area contributed by atoms with Gasteiger partial charge in [-0.1, -0.05) is 27.7 Å². The molecule has 3 unspecified atom stereocenters. The molecule has 0 bridgehead atoms. The van der Waals surface area contributed by atoms with Crippen molar-refractivity contribution < 1.29 is 4.74 Å². The Kier molecular flexibility index (Phi) is 6.47. The van der Waals surface area contributed by atoms with Crippen LogP contribution in [0.5, 0.6) is 0 Å². The Labute approximate surface area is 131 Å². The summed E-state index contributed by atoms with van der Waals surface area (Å²) in [6.45, 7) is 16.0. The van der Waals surface area contributed by atoms with Gasteiger partial charge in [0.15, 0.2) is 0 Å². The van der Waals surface area contributed by atoms with Gasteiger partial charge in [-0.2, -0.15) is 11.8 Å². The average Bonchev–Trinajstić information content (AvgIpc) is 2.27. The molecule has 0 amide bonds. The summed E-state index contributed by atoms with van der Waals surface area (Å²) in [6.07, 6.45) is 8.01. The molecule has 0 spiro atoms. The number of hydrogen-bond acceptors (Lipinski definition) is 2. The smallest absolute Gasteiger partial charge is 0.0646 e. The van der Waals surface area contributed by atoms with Crippen LogP contribution < -0.4 is 0 Å². The van der Waals surface area contributed by atoms with Gasteiger partial charge in [0.2, 0.25) is 0 Å². The second-order valence-corrected chi connectivity index (χ2v) is 9.84. The lowest BCUT2D eigenvalue weighted by atomic mass is 9.74. The monoisotopic (exact) mass is 300 g/mol. The van der Waals surface area contributed by atoms with Crippen LogP contribution in [0.15, 0.2) is 0 Å². The Balaban J connectivity index is 2.74. The van der Waals surface area contributed by atoms with E-state index in [4.69, 9.17) is 4.74 Å². The molecule has 0 heterocycles. The molecule has 1 nitrogen and oxygen atoms in total. The van der Waals surface area contributed by atoms with E-state index in [0.29, 0.717) is 17.4 Å². The zero-order chi connectivity index (χ0) is 15.6. The Morgan fingerprint density at radius 3 is 2.10 bits per heavy atom. The molecule has 1 fully saturated rings. The van der Waals surface area contributed by atoms with Gasteiger partial charge in [0.05, 0.1) is 11.7 Å². The zero-order valence-electron chi connectivity index (χ0n) is 15.0. The van der Waals surface area contributed by atoms with E-state index in [1.807, 2.05) is 11.8 Å². The summed E-state index contributed by atoms with van der Waals surface area (Å²) in [6, 6.07) is 0. The van der Waals surface area contributed by atoms with Gasteiger partial charge in [0.25, 0.3) is 0 Å². The van der Waals surface area contributed by atoms with Crippen LogP contribution in [0.4, 0.5) is 0 Å². The van der Waals surface area contributed by atoms with Crippen LogP contribution in [0.2, 0.25) is 0 Å². The van der Waals surface area contributed by atoms with Gasteiger partial charge in [0.1, 0.15) is 0 Å². The minimum absolute atomic E-state index is 0.0286. The van der Waals surface area contributed by atoms with Crippen LogP contribution in [-0.2, 0) is 4.74 Å². The van der Waals surface area contributed by atoms with Gasteiger partial charge in [0, 0.05) is 5.25 Å². The van der Waals surface area contributed by atoms with Crippen molar-refractivity contribution in [3.8, 4) is 0 Å². The maximum absolute atomic E-state index is 6.49. The summed E-state index contributed by atoms with van der Waals surface area (Å²) in [5.74, 6) is 1.41. The van der Waals surface area contributed by atoms with Gasteiger partial charge in [-0.25, -0.2) is 0 Å². The van der Waals surface area contributed by atoms with Crippen LogP contribution in [0.1, 0.15) is 74.1 Å². The number of ether oxygens (including phenoxy) is 1. The molecule has 1 saturated carbocycles. The quantitative estimate of drug-likeness (QED) is 0.651. The Hall–Kier alpha value is 0.310. The second-order valence-electron chi connectivity index (χ2n) is 8.76. The molecule has 0 N–H and O–H groups in total. The molecule has 120 valence electrons. The first-order valence-corrected chi connectivity index (χ1v) is 9.53. The molecule has 4 atom stereocenters. The topological polar surface area (TPSA) is 9.23 Å². The Morgan fingerprint density at radius 2 is 1.65 bits per heavy atom. The standard InChI is InChI=1S/C18H36OS/c1-13-15(20-8)10-9-14(11-12-17(2,3)4)16(13)19-18(5,6)7/h13-16H,9-12H2,1-8H3/t13-,14?,15?,16?/m0/s1. The first-order chi connectivity index (χ1) is 9.03. The summed E-state index contributed by atoms with van der Waals surface area (Å²) in [7, 11) is 0. The number of thioether (sulfide) groups is 1. The predicted octanol–water partition coefficient (Wildman–Crippen LogP) is 5.77. The molecule has 20 heavy (non-hydrogen) atoms. The van der Waals surface area contributed by atoms with E-state index < -0.39 is 0 Å². The highest BCUT2D eigenvalue weighted by Crippen LogP contribution is 2.42. The Bertz CT molecular complexity index is 287. The third-order valence-electron chi connectivity index (χ3n) is 4.45. The summed E-state index contributed by atoms with van der Waals surface area (Å²) in [4.78, 5) is 0. The molecule has 1 rings (SSSR count). The lowest BCUT2D eigenvalue weighted by Crippen LogP contribution is -2.44. The summed E-state index contributed by atoms with van der Waals surface area (Å²) in [5.41, 5.74) is 0.408. The third-order valence-corrected chi connectivity index (χ3v) is 5.72. The maximum Gasteiger partial charge on any atom is 0.0646 e. The minimum atomic E-state index is -0.0286. The Morgan fingerprint density at radius 1 is 1.05 bits per heavy atom. The van der Waals surface area contributed by atoms with Crippen LogP contribution >= 0.6 is 11.8 Å². The van der Waals surface area contributed by atoms with Crippen molar-refractivity contribution >= 4 is 11.8 Å². The molecule has 1 aliphatic rings. The van der Waals surface area contributed by atoms with Crippen LogP contribution in [-0.4, -0.2) is 23.2 Å². The fraction of sp³-hybridized carbons (Fsp3) is 1.00. The van der Waals surface area contributed by atoms with Crippen LogP contribution in [0.25, 0.3) is 0 Å². The van der Waals surface area contributed by atoms with Gasteiger partial charge >= 0.3 is 0 Å². The molecule has 2 heteroatoms. The third kappa shape index (κ3) is 5.97. The van der Waals surface area contributed by atoms with Crippen molar-refractivity contribution in [3.05, 3.63) is 0 Å². The van der Waals surface area contributed by atoms with E-state index in [0.717, 1.165) is 11.2 Å². The maximum atomic E-state index is 6.49. The van der Waals surface area contributed by atoms with E-state index in [-0.39, 0.29) is 5.60 Å². The summed E-state index contributed by atoms with van der Waals surface area (Å²) >= 11 is 2.03.